The molecule has 0 atom stereocenters. The molecule has 0 N–H and O–H groups in total. The summed E-state index contributed by atoms with van der Waals surface area (Å²) in [4.78, 5) is 13.2. The van der Waals surface area contributed by atoms with E-state index in [1.165, 1.54) is 19.2 Å². The van der Waals surface area contributed by atoms with E-state index in [2.05, 4.69) is 11.3 Å². The van der Waals surface area contributed by atoms with Crippen LogP contribution in [0.1, 0.15) is 12.5 Å². The standard InChI is InChI=1S/C18H19F4NO3/c1-4-15(18(20,21)22)11(2)26-14-6-5-12(16(19)7-14)8-23-9-13(10-23)17(24)25-3/h4-7,13H,1,8-10H2,2-3H3/b15-11+. The van der Waals surface area contributed by atoms with Gasteiger partial charge in [-0.2, -0.15) is 13.2 Å². The Balaban J connectivity index is 2.03. The molecule has 1 aromatic carbocycles. The lowest BCUT2D eigenvalue weighted by atomic mass is 9.99. The number of hydrogen-bond acceptors (Lipinski definition) is 4. The first-order chi connectivity index (χ1) is 12.2. The highest BCUT2D eigenvalue weighted by Crippen LogP contribution is 2.30. The van der Waals surface area contributed by atoms with Gasteiger partial charge in [0.05, 0.1) is 18.6 Å². The zero-order valence-corrected chi connectivity index (χ0v) is 14.4. The van der Waals surface area contributed by atoms with E-state index >= 15 is 0 Å². The van der Waals surface area contributed by atoms with E-state index in [-0.39, 0.29) is 24.2 Å². The lowest BCUT2D eigenvalue weighted by molar-refractivity contribution is -0.151. The van der Waals surface area contributed by atoms with Crippen LogP contribution in [-0.2, 0) is 16.1 Å². The molecule has 0 bridgehead atoms. The molecule has 4 nitrogen and oxygen atoms in total. The molecular formula is C18H19F4NO3. The zero-order valence-electron chi connectivity index (χ0n) is 14.4. The molecule has 2 rings (SSSR count). The summed E-state index contributed by atoms with van der Waals surface area (Å²) >= 11 is 0. The van der Waals surface area contributed by atoms with Crippen LogP contribution in [0.15, 0.2) is 42.2 Å². The molecule has 1 heterocycles. The Labute approximate surface area is 148 Å². The number of hydrogen-bond donors (Lipinski definition) is 0. The fourth-order valence-electron chi connectivity index (χ4n) is 2.67. The van der Waals surface area contributed by atoms with Crippen molar-refractivity contribution in [2.24, 2.45) is 5.92 Å². The van der Waals surface area contributed by atoms with Gasteiger partial charge < -0.3 is 9.47 Å². The van der Waals surface area contributed by atoms with E-state index < -0.39 is 23.3 Å². The van der Waals surface area contributed by atoms with Gasteiger partial charge in [0, 0.05) is 31.3 Å². The highest BCUT2D eigenvalue weighted by Gasteiger charge is 2.35. The largest absolute Gasteiger partial charge is 0.469 e. The van der Waals surface area contributed by atoms with Gasteiger partial charge in [-0.25, -0.2) is 4.39 Å². The molecule has 142 valence electrons. The first kappa shape index (κ1) is 20.0. The third kappa shape index (κ3) is 4.63. The highest BCUT2D eigenvalue weighted by atomic mass is 19.4. The molecule has 26 heavy (non-hydrogen) atoms. The number of methoxy groups -OCH3 is 1. The lowest BCUT2D eigenvalue weighted by Crippen LogP contribution is -2.50. The number of alkyl halides is 3. The summed E-state index contributed by atoms with van der Waals surface area (Å²) < 4.78 is 62.3. The molecule has 0 aromatic heterocycles. The Morgan fingerprint density at radius 1 is 1.38 bits per heavy atom. The number of carbonyl (C=O) groups excluding carboxylic acids is 1. The average molecular weight is 373 g/mol. The van der Waals surface area contributed by atoms with Crippen molar-refractivity contribution in [3.05, 3.63) is 53.6 Å². The second kappa shape index (κ2) is 7.90. The van der Waals surface area contributed by atoms with E-state index in [0.29, 0.717) is 24.7 Å². The summed E-state index contributed by atoms with van der Waals surface area (Å²) in [6.07, 6.45) is -3.94. The van der Waals surface area contributed by atoms with Crippen molar-refractivity contribution < 1.29 is 31.8 Å². The number of halogens is 4. The quantitative estimate of drug-likeness (QED) is 0.329. The van der Waals surface area contributed by atoms with E-state index in [1.807, 2.05) is 4.90 Å². The van der Waals surface area contributed by atoms with Gasteiger partial charge in [0.25, 0.3) is 0 Å². The molecule has 0 unspecified atom stereocenters. The Hall–Kier alpha value is -2.35. The van der Waals surface area contributed by atoms with E-state index in [4.69, 9.17) is 4.74 Å². The minimum Gasteiger partial charge on any atom is -0.469 e. The van der Waals surface area contributed by atoms with Crippen LogP contribution >= 0.6 is 0 Å². The maximum atomic E-state index is 14.2. The van der Waals surface area contributed by atoms with Crippen molar-refractivity contribution >= 4 is 5.97 Å². The topological polar surface area (TPSA) is 38.8 Å². The molecule has 1 saturated heterocycles. The van der Waals surface area contributed by atoms with Gasteiger partial charge in [-0.15, -0.1) is 0 Å². The van der Waals surface area contributed by atoms with Crippen LogP contribution in [-0.4, -0.2) is 37.2 Å². The van der Waals surface area contributed by atoms with Gasteiger partial charge in [0.15, 0.2) is 0 Å². The summed E-state index contributed by atoms with van der Waals surface area (Å²) in [5.41, 5.74) is -0.654. The summed E-state index contributed by atoms with van der Waals surface area (Å²) in [5.74, 6) is -1.55. The molecule has 8 heteroatoms. The van der Waals surface area contributed by atoms with Gasteiger partial charge in [0.1, 0.15) is 17.3 Å². The number of carbonyl (C=O) groups is 1. The summed E-state index contributed by atoms with van der Waals surface area (Å²) in [7, 11) is 1.32. The SMILES string of the molecule is C=C/C(=C(/C)Oc1ccc(CN2CC(C(=O)OC)C2)c(F)c1)C(F)(F)F. The molecule has 0 aliphatic carbocycles. The Morgan fingerprint density at radius 2 is 2.04 bits per heavy atom. The first-order valence-corrected chi connectivity index (χ1v) is 7.82. The second-order valence-electron chi connectivity index (χ2n) is 5.94. The monoisotopic (exact) mass is 373 g/mol. The van der Waals surface area contributed by atoms with Crippen molar-refractivity contribution in [1.29, 1.82) is 0 Å². The molecule has 0 radical (unpaired) electrons. The Kier molecular flexibility index (Phi) is 6.07. The number of ether oxygens (including phenoxy) is 2. The van der Waals surface area contributed by atoms with Crippen LogP contribution in [0.25, 0.3) is 0 Å². The van der Waals surface area contributed by atoms with Crippen LogP contribution < -0.4 is 4.74 Å². The fourth-order valence-corrected chi connectivity index (χ4v) is 2.67. The first-order valence-electron chi connectivity index (χ1n) is 7.82. The normalized spacial score (nSPS) is 16.5. The average Bonchev–Trinajstić information content (AvgIpc) is 2.50. The summed E-state index contributed by atoms with van der Waals surface area (Å²) in [6.45, 7) is 5.50. The molecule has 0 saturated carbocycles. The number of likely N-dealkylation sites (tertiary alicyclic amines) is 1. The third-order valence-electron chi connectivity index (χ3n) is 4.07. The van der Waals surface area contributed by atoms with Gasteiger partial charge in [-0.1, -0.05) is 18.7 Å². The van der Waals surface area contributed by atoms with Crippen LogP contribution in [0.5, 0.6) is 5.75 Å². The minimum atomic E-state index is -4.60. The van der Waals surface area contributed by atoms with Gasteiger partial charge in [0.2, 0.25) is 0 Å². The van der Waals surface area contributed by atoms with E-state index in [9.17, 15) is 22.4 Å². The van der Waals surface area contributed by atoms with Crippen LogP contribution in [0.4, 0.5) is 17.6 Å². The van der Waals surface area contributed by atoms with Crippen LogP contribution in [0.3, 0.4) is 0 Å². The summed E-state index contributed by atoms with van der Waals surface area (Å²) in [6, 6.07) is 3.88. The predicted octanol–water partition coefficient (Wildman–Crippen LogP) is 3.83. The Bertz CT molecular complexity index is 722. The molecular weight excluding hydrogens is 354 g/mol. The number of rotatable bonds is 6. The van der Waals surface area contributed by atoms with Crippen molar-refractivity contribution in [3.63, 3.8) is 0 Å². The van der Waals surface area contributed by atoms with Gasteiger partial charge in [-0.05, 0) is 13.0 Å². The Morgan fingerprint density at radius 3 is 2.54 bits per heavy atom. The van der Waals surface area contributed by atoms with Gasteiger partial charge in [-0.3, -0.25) is 9.69 Å². The minimum absolute atomic E-state index is 0.0385. The predicted molar refractivity (Wildman–Crippen MR) is 86.8 cm³/mol. The smallest absolute Gasteiger partial charge is 0.419 e. The zero-order chi connectivity index (χ0) is 19.5. The van der Waals surface area contributed by atoms with Crippen molar-refractivity contribution in [1.82, 2.24) is 4.90 Å². The molecule has 1 aromatic rings. The molecule has 1 aliphatic heterocycles. The van der Waals surface area contributed by atoms with E-state index in [1.54, 1.807) is 0 Å². The van der Waals surface area contributed by atoms with Gasteiger partial charge >= 0.3 is 12.1 Å². The molecule has 0 amide bonds. The van der Waals surface area contributed by atoms with Crippen molar-refractivity contribution in [2.45, 2.75) is 19.6 Å². The molecule has 1 fully saturated rings. The van der Waals surface area contributed by atoms with E-state index in [0.717, 1.165) is 13.0 Å². The molecule has 1 aliphatic rings. The number of esters is 1. The third-order valence-corrected chi connectivity index (χ3v) is 4.07. The number of nitrogens with zero attached hydrogens (tertiary/aromatic N) is 1. The fraction of sp³-hybridized carbons (Fsp3) is 0.389. The second-order valence-corrected chi connectivity index (χ2v) is 5.94. The number of benzene rings is 1. The number of allylic oxidation sites excluding steroid dienone is 3. The van der Waals surface area contributed by atoms with Crippen molar-refractivity contribution in [2.75, 3.05) is 20.2 Å². The maximum Gasteiger partial charge on any atom is 0.419 e. The highest BCUT2D eigenvalue weighted by molar-refractivity contribution is 5.73. The molecule has 0 spiro atoms. The lowest BCUT2D eigenvalue weighted by Gasteiger charge is -2.37. The van der Waals surface area contributed by atoms with Crippen molar-refractivity contribution in [3.8, 4) is 5.75 Å². The van der Waals surface area contributed by atoms with Crippen LogP contribution in [0, 0.1) is 11.7 Å². The maximum absolute atomic E-state index is 14.2. The van der Waals surface area contributed by atoms with Crippen LogP contribution in [0.2, 0.25) is 0 Å². The summed E-state index contributed by atoms with van der Waals surface area (Å²) in [5, 5.41) is 0.